The minimum atomic E-state index is -0.256. The molecule has 0 bridgehead atoms. The van der Waals surface area contributed by atoms with Gasteiger partial charge >= 0.3 is 6.03 Å². The Hall–Kier alpha value is -2.40. The van der Waals surface area contributed by atoms with E-state index < -0.39 is 0 Å². The molecule has 0 radical (unpaired) electrons. The predicted molar refractivity (Wildman–Crippen MR) is 104 cm³/mol. The fourth-order valence-electron chi connectivity index (χ4n) is 4.35. The summed E-state index contributed by atoms with van der Waals surface area (Å²) in [6.07, 6.45) is 2.97. The Bertz CT molecular complexity index is 807. The van der Waals surface area contributed by atoms with Crippen molar-refractivity contribution in [3.05, 3.63) is 71.0 Å². The van der Waals surface area contributed by atoms with Gasteiger partial charge in [0.2, 0.25) is 0 Å². The largest absolute Gasteiger partial charge is 0.323 e. The summed E-state index contributed by atoms with van der Waals surface area (Å²) >= 11 is 0. The van der Waals surface area contributed by atoms with E-state index in [2.05, 4.69) is 17.4 Å². The number of hydrogen-bond acceptors (Lipinski definition) is 2. The van der Waals surface area contributed by atoms with Crippen LogP contribution in [0.2, 0.25) is 0 Å². The molecule has 2 aromatic rings. The number of carbonyl (C=O) groups is 1. The van der Waals surface area contributed by atoms with Gasteiger partial charge in [0.05, 0.1) is 6.04 Å². The van der Waals surface area contributed by atoms with Crippen molar-refractivity contribution in [2.75, 3.05) is 26.7 Å². The molecule has 1 N–H and O–H groups in total. The minimum Gasteiger partial charge on any atom is -0.323 e. The molecule has 2 aliphatic heterocycles. The van der Waals surface area contributed by atoms with E-state index in [-0.39, 0.29) is 17.9 Å². The Morgan fingerprint density at radius 1 is 1.11 bits per heavy atom. The third kappa shape index (κ3) is 3.56. The summed E-state index contributed by atoms with van der Waals surface area (Å²) in [4.78, 5) is 17.4. The normalized spacial score (nSPS) is 22.4. The molecular weight excluding hydrogens is 341 g/mol. The molecule has 1 fully saturated rings. The second-order valence-electron chi connectivity index (χ2n) is 7.45. The van der Waals surface area contributed by atoms with Crippen molar-refractivity contribution >= 4 is 6.03 Å². The standard InChI is InChI=1S/C22H26FN3O/c1-24-19-6-4-13-25(15-19)22(27)26-14-12-16-5-2-3-7-20(16)21(26)17-8-10-18(23)11-9-17/h2-3,5,7-11,19,21,24H,4,6,12-15H2,1H3/t19-,21-/m0/s1. The van der Waals surface area contributed by atoms with Gasteiger partial charge in [0, 0.05) is 25.7 Å². The molecule has 5 heteroatoms. The summed E-state index contributed by atoms with van der Waals surface area (Å²) < 4.78 is 13.5. The molecule has 2 amide bonds. The number of nitrogens with one attached hydrogen (secondary N) is 1. The summed E-state index contributed by atoms with van der Waals surface area (Å²) in [6.45, 7) is 2.22. The molecule has 2 atom stereocenters. The number of hydrogen-bond donors (Lipinski definition) is 1. The monoisotopic (exact) mass is 367 g/mol. The smallest absolute Gasteiger partial charge is 0.320 e. The molecule has 0 saturated carbocycles. The molecule has 1 saturated heterocycles. The van der Waals surface area contributed by atoms with Gasteiger partial charge in [0.1, 0.15) is 5.82 Å². The first-order chi connectivity index (χ1) is 13.2. The van der Waals surface area contributed by atoms with E-state index in [4.69, 9.17) is 0 Å². The van der Waals surface area contributed by atoms with Crippen LogP contribution in [0.3, 0.4) is 0 Å². The van der Waals surface area contributed by atoms with E-state index in [1.165, 1.54) is 17.7 Å². The van der Waals surface area contributed by atoms with Gasteiger partial charge in [0.25, 0.3) is 0 Å². The molecule has 2 aliphatic rings. The molecule has 2 aromatic carbocycles. The van der Waals surface area contributed by atoms with Crippen LogP contribution in [0, 0.1) is 5.82 Å². The zero-order valence-electron chi connectivity index (χ0n) is 15.7. The van der Waals surface area contributed by atoms with Crippen molar-refractivity contribution in [3.63, 3.8) is 0 Å². The van der Waals surface area contributed by atoms with Crippen LogP contribution in [-0.2, 0) is 6.42 Å². The Morgan fingerprint density at radius 2 is 1.89 bits per heavy atom. The van der Waals surface area contributed by atoms with Gasteiger partial charge in [-0.15, -0.1) is 0 Å². The molecule has 0 spiro atoms. The maximum Gasteiger partial charge on any atom is 0.320 e. The van der Waals surface area contributed by atoms with Crippen LogP contribution in [0.4, 0.5) is 9.18 Å². The van der Waals surface area contributed by atoms with Crippen LogP contribution >= 0.6 is 0 Å². The lowest BCUT2D eigenvalue weighted by Crippen LogP contribution is -2.53. The molecule has 0 aliphatic carbocycles. The highest BCUT2D eigenvalue weighted by Crippen LogP contribution is 2.36. The third-order valence-corrected chi connectivity index (χ3v) is 5.82. The van der Waals surface area contributed by atoms with E-state index in [9.17, 15) is 9.18 Å². The fourth-order valence-corrected chi connectivity index (χ4v) is 4.35. The number of amides is 2. The van der Waals surface area contributed by atoms with Gasteiger partial charge in [-0.25, -0.2) is 9.18 Å². The number of halogens is 1. The fraction of sp³-hybridized carbons (Fsp3) is 0.409. The summed E-state index contributed by atoms with van der Waals surface area (Å²) in [6, 6.07) is 15.1. The lowest BCUT2D eigenvalue weighted by Gasteiger charge is -2.42. The maximum absolute atomic E-state index is 13.5. The summed E-state index contributed by atoms with van der Waals surface area (Å²) in [5.41, 5.74) is 3.37. The number of nitrogens with zero attached hydrogens (tertiary/aromatic N) is 2. The lowest BCUT2D eigenvalue weighted by atomic mass is 9.88. The predicted octanol–water partition coefficient (Wildman–Crippen LogP) is 3.58. The zero-order valence-corrected chi connectivity index (χ0v) is 15.7. The Labute approximate surface area is 160 Å². The number of likely N-dealkylation sites (N-methyl/N-ethyl adjacent to an activating group) is 1. The topological polar surface area (TPSA) is 35.6 Å². The van der Waals surface area contributed by atoms with Gasteiger partial charge in [0.15, 0.2) is 0 Å². The van der Waals surface area contributed by atoms with E-state index in [1.54, 1.807) is 12.1 Å². The summed E-state index contributed by atoms with van der Waals surface area (Å²) in [5, 5.41) is 3.30. The quantitative estimate of drug-likeness (QED) is 0.881. The molecular formula is C22H26FN3O. The molecule has 27 heavy (non-hydrogen) atoms. The van der Waals surface area contributed by atoms with Crippen LogP contribution in [-0.4, -0.2) is 48.6 Å². The molecule has 4 nitrogen and oxygen atoms in total. The Morgan fingerprint density at radius 3 is 2.67 bits per heavy atom. The first-order valence-electron chi connectivity index (χ1n) is 9.73. The van der Waals surface area contributed by atoms with Crippen LogP contribution < -0.4 is 5.32 Å². The number of fused-ring (bicyclic) bond motifs is 1. The molecule has 4 rings (SSSR count). The van der Waals surface area contributed by atoms with Crippen LogP contribution in [0.1, 0.15) is 35.6 Å². The second-order valence-corrected chi connectivity index (χ2v) is 7.45. The zero-order chi connectivity index (χ0) is 18.8. The van der Waals surface area contributed by atoms with Crippen LogP contribution in [0.25, 0.3) is 0 Å². The highest BCUT2D eigenvalue weighted by atomic mass is 19.1. The molecule has 2 heterocycles. The highest BCUT2D eigenvalue weighted by Gasteiger charge is 2.35. The van der Waals surface area contributed by atoms with Crippen molar-refractivity contribution in [2.24, 2.45) is 0 Å². The van der Waals surface area contributed by atoms with Gasteiger partial charge < -0.3 is 15.1 Å². The summed E-state index contributed by atoms with van der Waals surface area (Å²) in [5.74, 6) is -0.256. The number of benzene rings is 2. The highest BCUT2D eigenvalue weighted by molar-refractivity contribution is 5.76. The van der Waals surface area contributed by atoms with Crippen molar-refractivity contribution < 1.29 is 9.18 Å². The van der Waals surface area contributed by atoms with E-state index >= 15 is 0 Å². The van der Waals surface area contributed by atoms with Gasteiger partial charge in [-0.1, -0.05) is 36.4 Å². The molecule has 142 valence electrons. The first kappa shape index (κ1) is 18.0. The Kier molecular flexibility index (Phi) is 5.12. The maximum atomic E-state index is 13.5. The number of rotatable bonds is 2. The number of carbonyl (C=O) groups excluding carboxylic acids is 1. The van der Waals surface area contributed by atoms with Crippen molar-refractivity contribution in [1.29, 1.82) is 0 Å². The van der Waals surface area contributed by atoms with Crippen LogP contribution in [0.15, 0.2) is 48.5 Å². The third-order valence-electron chi connectivity index (χ3n) is 5.82. The second kappa shape index (κ2) is 7.69. The average Bonchev–Trinajstić information content (AvgIpc) is 2.73. The van der Waals surface area contributed by atoms with E-state index in [0.29, 0.717) is 12.6 Å². The SMILES string of the molecule is CN[C@H]1CCCN(C(=O)N2CCc3ccccc3[C@@H]2c2ccc(F)cc2)C1. The van der Waals surface area contributed by atoms with Gasteiger partial charge in [-0.2, -0.15) is 0 Å². The van der Waals surface area contributed by atoms with E-state index in [0.717, 1.165) is 43.5 Å². The molecule has 0 aromatic heterocycles. The van der Waals surface area contributed by atoms with Crippen molar-refractivity contribution in [3.8, 4) is 0 Å². The number of likely N-dealkylation sites (tertiary alicyclic amines) is 1. The number of urea groups is 1. The molecule has 0 unspecified atom stereocenters. The summed E-state index contributed by atoms with van der Waals surface area (Å²) in [7, 11) is 1.96. The Balaban J connectivity index is 1.68. The first-order valence-corrected chi connectivity index (χ1v) is 9.73. The van der Waals surface area contributed by atoms with Crippen molar-refractivity contribution in [1.82, 2.24) is 15.1 Å². The minimum absolute atomic E-state index is 0.0822. The van der Waals surface area contributed by atoms with Gasteiger partial charge in [-0.3, -0.25) is 0 Å². The van der Waals surface area contributed by atoms with Crippen molar-refractivity contribution in [2.45, 2.75) is 31.3 Å². The number of piperidine rings is 1. The average molecular weight is 367 g/mol. The van der Waals surface area contributed by atoms with Crippen LogP contribution in [0.5, 0.6) is 0 Å². The lowest BCUT2D eigenvalue weighted by molar-refractivity contribution is 0.122. The van der Waals surface area contributed by atoms with E-state index in [1.807, 2.05) is 29.0 Å². The van der Waals surface area contributed by atoms with Gasteiger partial charge in [-0.05, 0) is 55.1 Å².